The van der Waals surface area contributed by atoms with Crippen molar-refractivity contribution in [2.75, 3.05) is 45.6 Å². The highest BCUT2D eigenvalue weighted by molar-refractivity contribution is 5.94. The Labute approximate surface area is 185 Å². The third kappa shape index (κ3) is 6.56. The predicted molar refractivity (Wildman–Crippen MR) is 126 cm³/mol. The molecule has 0 aromatic heterocycles. The molecule has 1 aliphatic rings. The number of anilines is 1. The van der Waals surface area contributed by atoms with E-state index in [1.54, 1.807) is 0 Å². The molecule has 2 aromatic rings. The Kier molecular flexibility index (Phi) is 8.06. The van der Waals surface area contributed by atoms with Gasteiger partial charge in [-0.2, -0.15) is 0 Å². The van der Waals surface area contributed by atoms with Gasteiger partial charge in [0.25, 0.3) is 5.91 Å². The molecule has 31 heavy (non-hydrogen) atoms. The van der Waals surface area contributed by atoms with Gasteiger partial charge >= 0.3 is 6.03 Å². The molecule has 166 valence electrons. The molecule has 3 amide bonds. The van der Waals surface area contributed by atoms with Gasteiger partial charge in [0.2, 0.25) is 0 Å². The number of likely N-dealkylation sites (tertiary alicyclic amines) is 1. The van der Waals surface area contributed by atoms with Crippen LogP contribution in [0.2, 0.25) is 0 Å². The van der Waals surface area contributed by atoms with Crippen LogP contribution in [-0.2, 0) is 6.42 Å². The molecule has 2 N–H and O–H groups in total. The van der Waals surface area contributed by atoms with Crippen molar-refractivity contribution in [2.45, 2.75) is 32.1 Å². The molecule has 0 spiro atoms. The summed E-state index contributed by atoms with van der Waals surface area (Å²) in [5.41, 5.74) is 3.86. The number of benzene rings is 2. The first-order valence-electron chi connectivity index (χ1n) is 11.1. The fourth-order valence-electron chi connectivity index (χ4n) is 3.89. The summed E-state index contributed by atoms with van der Waals surface area (Å²) in [4.78, 5) is 29.2. The predicted octanol–water partition coefficient (Wildman–Crippen LogP) is 3.95. The van der Waals surface area contributed by atoms with E-state index in [1.807, 2.05) is 66.4 Å². The number of carbonyl (C=O) groups is 2. The lowest BCUT2D eigenvalue weighted by Gasteiger charge is -2.33. The van der Waals surface area contributed by atoms with Crippen molar-refractivity contribution in [2.24, 2.45) is 0 Å². The topological polar surface area (TPSA) is 64.7 Å². The highest BCUT2D eigenvalue weighted by atomic mass is 16.2. The number of carbonyl (C=O) groups excluding carboxylic acids is 2. The van der Waals surface area contributed by atoms with E-state index < -0.39 is 0 Å². The highest BCUT2D eigenvalue weighted by Crippen LogP contribution is 2.28. The third-order valence-corrected chi connectivity index (χ3v) is 5.79. The number of hydrogen-bond acceptors (Lipinski definition) is 3. The molecule has 6 heteroatoms. The molecule has 1 aliphatic heterocycles. The van der Waals surface area contributed by atoms with Crippen LogP contribution in [0.5, 0.6) is 0 Å². The lowest BCUT2D eigenvalue weighted by Crippen LogP contribution is -2.41. The molecule has 1 heterocycles. The minimum Gasteiger partial charge on any atom is -0.351 e. The van der Waals surface area contributed by atoms with Crippen LogP contribution >= 0.6 is 0 Å². The number of nitrogens with zero attached hydrogens (tertiary/aromatic N) is 2. The fraction of sp³-hybridized carbons (Fsp3) is 0.440. The van der Waals surface area contributed by atoms with E-state index in [0.29, 0.717) is 18.7 Å². The van der Waals surface area contributed by atoms with Crippen LogP contribution in [0.4, 0.5) is 10.5 Å². The summed E-state index contributed by atoms with van der Waals surface area (Å²) >= 11 is 0. The quantitative estimate of drug-likeness (QED) is 0.710. The SMILES string of the molecule is CCc1ccc(NC(=O)N2CCCC(c3cccc(C(=O)NCCN(C)C)c3)C2)cc1. The molecule has 2 aromatic carbocycles. The van der Waals surface area contributed by atoms with Gasteiger partial charge in [0.15, 0.2) is 0 Å². The molecule has 3 rings (SSSR count). The van der Waals surface area contributed by atoms with Crippen molar-refractivity contribution >= 4 is 17.6 Å². The zero-order valence-corrected chi connectivity index (χ0v) is 18.9. The summed E-state index contributed by atoms with van der Waals surface area (Å²) in [6, 6.07) is 15.8. The van der Waals surface area contributed by atoms with Gasteiger partial charge in [-0.3, -0.25) is 4.79 Å². The second-order valence-electron chi connectivity index (χ2n) is 8.45. The Balaban J connectivity index is 1.60. The molecule has 6 nitrogen and oxygen atoms in total. The number of piperidine rings is 1. The van der Waals surface area contributed by atoms with Crippen molar-refractivity contribution in [1.82, 2.24) is 15.1 Å². The minimum atomic E-state index is -0.0634. The van der Waals surface area contributed by atoms with Crippen LogP contribution in [0, 0.1) is 0 Å². The maximum absolute atomic E-state index is 12.8. The Bertz CT molecular complexity index is 879. The van der Waals surface area contributed by atoms with E-state index in [1.165, 1.54) is 5.56 Å². The van der Waals surface area contributed by atoms with Crippen molar-refractivity contribution < 1.29 is 9.59 Å². The number of rotatable bonds is 7. The van der Waals surface area contributed by atoms with E-state index in [0.717, 1.165) is 43.6 Å². The van der Waals surface area contributed by atoms with Gasteiger partial charge in [0.05, 0.1) is 0 Å². The number of likely N-dealkylation sites (N-methyl/N-ethyl adjacent to an activating group) is 1. The first-order valence-corrected chi connectivity index (χ1v) is 11.1. The third-order valence-electron chi connectivity index (χ3n) is 5.79. The second-order valence-corrected chi connectivity index (χ2v) is 8.45. The average Bonchev–Trinajstić information content (AvgIpc) is 2.79. The van der Waals surface area contributed by atoms with Crippen LogP contribution in [0.25, 0.3) is 0 Å². The first kappa shape index (κ1) is 22.8. The zero-order valence-electron chi connectivity index (χ0n) is 18.9. The molecule has 0 saturated carbocycles. The maximum atomic E-state index is 12.8. The van der Waals surface area contributed by atoms with Crippen LogP contribution < -0.4 is 10.6 Å². The van der Waals surface area contributed by atoms with Gasteiger partial charge in [-0.1, -0.05) is 31.2 Å². The Morgan fingerprint density at radius 1 is 1.13 bits per heavy atom. The molecule has 1 saturated heterocycles. The number of amides is 3. The maximum Gasteiger partial charge on any atom is 0.321 e. The van der Waals surface area contributed by atoms with Gasteiger partial charge < -0.3 is 20.4 Å². The molecule has 0 radical (unpaired) electrons. The van der Waals surface area contributed by atoms with E-state index >= 15 is 0 Å². The highest BCUT2D eigenvalue weighted by Gasteiger charge is 2.25. The number of hydrogen-bond donors (Lipinski definition) is 2. The van der Waals surface area contributed by atoms with Crippen molar-refractivity contribution in [1.29, 1.82) is 0 Å². The zero-order chi connectivity index (χ0) is 22.2. The molecule has 1 fully saturated rings. The molecular formula is C25H34N4O2. The summed E-state index contributed by atoms with van der Waals surface area (Å²) in [6.07, 6.45) is 2.95. The second kappa shape index (κ2) is 11.0. The minimum absolute atomic E-state index is 0.0513. The van der Waals surface area contributed by atoms with E-state index in [9.17, 15) is 9.59 Å². The van der Waals surface area contributed by atoms with E-state index in [2.05, 4.69) is 23.6 Å². The standard InChI is InChI=1S/C25H34N4O2/c1-4-19-10-12-23(13-11-19)27-25(31)29-15-6-9-22(18-29)20-7-5-8-21(17-20)24(30)26-14-16-28(2)3/h5,7-8,10-13,17,22H,4,6,9,14-16,18H2,1-3H3,(H,26,30)(H,27,31). The summed E-state index contributed by atoms with van der Waals surface area (Å²) in [5, 5.41) is 5.98. The van der Waals surface area contributed by atoms with Gasteiger partial charge in [0.1, 0.15) is 0 Å². The van der Waals surface area contributed by atoms with Crippen LogP contribution in [0.1, 0.15) is 47.2 Å². The van der Waals surface area contributed by atoms with Crippen LogP contribution in [0.3, 0.4) is 0 Å². The summed E-state index contributed by atoms with van der Waals surface area (Å²) in [7, 11) is 3.97. The Morgan fingerprint density at radius 3 is 2.61 bits per heavy atom. The van der Waals surface area contributed by atoms with E-state index in [4.69, 9.17) is 0 Å². The monoisotopic (exact) mass is 422 g/mol. The summed E-state index contributed by atoms with van der Waals surface area (Å²) in [5.74, 6) is 0.182. The molecule has 1 unspecified atom stereocenters. The molecule has 1 atom stereocenters. The summed E-state index contributed by atoms with van der Waals surface area (Å²) in [6.45, 7) is 4.94. The van der Waals surface area contributed by atoms with Gasteiger partial charge in [-0.15, -0.1) is 0 Å². The van der Waals surface area contributed by atoms with Crippen LogP contribution in [0.15, 0.2) is 48.5 Å². The molecular weight excluding hydrogens is 388 g/mol. The first-order chi connectivity index (χ1) is 15.0. The lowest BCUT2D eigenvalue weighted by molar-refractivity contribution is 0.0950. The number of aryl methyl sites for hydroxylation is 1. The summed E-state index contributed by atoms with van der Waals surface area (Å²) < 4.78 is 0. The van der Waals surface area contributed by atoms with E-state index in [-0.39, 0.29) is 17.9 Å². The largest absolute Gasteiger partial charge is 0.351 e. The molecule has 0 bridgehead atoms. The van der Waals surface area contributed by atoms with Gasteiger partial charge in [0, 0.05) is 43.3 Å². The smallest absolute Gasteiger partial charge is 0.321 e. The van der Waals surface area contributed by atoms with Crippen molar-refractivity contribution in [3.05, 3.63) is 65.2 Å². The Hall–Kier alpha value is -2.86. The van der Waals surface area contributed by atoms with Crippen molar-refractivity contribution in [3.8, 4) is 0 Å². The normalized spacial score (nSPS) is 16.3. The Morgan fingerprint density at radius 2 is 1.90 bits per heavy atom. The van der Waals surface area contributed by atoms with Crippen LogP contribution in [-0.4, -0.2) is 62.0 Å². The average molecular weight is 423 g/mol. The molecule has 0 aliphatic carbocycles. The number of urea groups is 1. The van der Waals surface area contributed by atoms with Crippen molar-refractivity contribution in [3.63, 3.8) is 0 Å². The lowest BCUT2D eigenvalue weighted by atomic mass is 9.89. The number of nitrogens with one attached hydrogen (secondary N) is 2. The van der Waals surface area contributed by atoms with Gasteiger partial charge in [-0.05, 0) is 68.8 Å². The van der Waals surface area contributed by atoms with Gasteiger partial charge in [-0.25, -0.2) is 4.79 Å². The fourth-order valence-corrected chi connectivity index (χ4v) is 3.89.